The van der Waals surface area contributed by atoms with E-state index in [0.717, 1.165) is 18.6 Å². The minimum absolute atomic E-state index is 0.557. The Morgan fingerprint density at radius 1 is 1.30 bits per heavy atom. The number of pyridine rings is 1. The summed E-state index contributed by atoms with van der Waals surface area (Å²) >= 11 is 0. The summed E-state index contributed by atoms with van der Waals surface area (Å²) in [5.41, 5.74) is 3.88. The molecular weight excluding hydrogens is 244 g/mol. The van der Waals surface area contributed by atoms with E-state index < -0.39 is 0 Å². The summed E-state index contributed by atoms with van der Waals surface area (Å²) < 4.78 is 0. The second-order valence-electron chi connectivity index (χ2n) is 6.02. The Bertz CT molecular complexity index is 643. The van der Waals surface area contributed by atoms with Gasteiger partial charge in [-0.1, -0.05) is 38.1 Å². The summed E-state index contributed by atoms with van der Waals surface area (Å²) in [7, 11) is 0. The van der Waals surface area contributed by atoms with Crippen LogP contribution in [0.2, 0.25) is 0 Å². The van der Waals surface area contributed by atoms with Crippen molar-refractivity contribution in [1.82, 2.24) is 9.88 Å². The Morgan fingerprint density at radius 2 is 2.15 bits per heavy atom. The number of fused-ring (bicyclic) bond motifs is 1. The molecular formula is C18H22N2. The third kappa shape index (κ3) is 2.36. The molecule has 3 rings (SSSR count). The van der Waals surface area contributed by atoms with Crippen molar-refractivity contribution in [3.63, 3.8) is 0 Å². The molecule has 0 bridgehead atoms. The summed E-state index contributed by atoms with van der Waals surface area (Å²) in [5, 5.41) is 1.29. The standard InChI is InChI=1S/C18H22N2/c1-13(2)18-7-5-11-20(18)12-16-14(3)8-9-17-15(16)6-4-10-19-17/h4-10,13,18H,11-12H2,1-3H3/t18-/m0/s1. The number of hydrogen-bond donors (Lipinski definition) is 0. The number of benzene rings is 1. The lowest BCUT2D eigenvalue weighted by atomic mass is 10.00. The SMILES string of the molecule is Cc1ccc2ncccc2c1CN1CC=C[C@H]1C(C)C. The molecule has 2 nitrogen and oxygen atoms in total. The summed E-state index contributed by atoms with van der Waals surface area (Å²) in [6.45, 7) is 8.86. The maximum absolute atomic E-state index is 4.48. The fraction of sp³-hybridized carbons (Fsp3) is 0.389. The van der Waals surface area contributed by atoms with Crippen molar-refractivity contribution in [2.24, 2.45) is 5.92 Å². The van der Waals surface area contributed by atoms with E-state index in [1.807, 2.05) is 12.3 Å². The van der Waals surface area contributed by atoms with Crippen LogP contribution in [0, 0.1) is 12.8 Å². The molecule has 1 aliphatic rings. The molecule has 1 aliphatic heterocycles. The zero-order chi connectivity index (χ0) is 14.1. The van der Waals surface area contributed by atoms with E-state index in [1.54, 1.807) is 0 Å². The zero-order valence-corrected chi connectivity index (χ0v) is 12.5. The van der Waals surface area contributed by atoms with Crippen LogP contribution in [-0.2, 0) is 6.54 Å². The van der Waals surface area contributed by atoms with Gasteiger partial charge in [0.15, 0.2) is 0 Å². The summed E-state index contributed by atoms with van der Waals surface area (Å²) in [5.74, 6) is 0.655. The van der Waals surface area contributed by atoms with Gasteiger partial charge in [-0.15, -0.1) is 0 Å². The minimum atomic E-state index is 0.557. The van der Waals surface area contributed by atoms with E-state index in [1.165, 1.54) is 16.5 Å². The molecule has 0 unspecified atom stereocenters. The fourth-order valence-electron chi connectivity index (χ4n) is 3.13. The minimum Gasteiger partial charge on any atom is -0.289 e. The fourth-order valence-corrected chi connectivity index (χ4v) is 3.13. The molecule has 0 saturated heterocycles. The highest BCUT2D eigenvalue weighted by atomic mass is 15.2. The smallest absolute Gasteiger partial charge is 0.0705 e. The lowest BCUT2D eigenvalue weighted by Crippen LogP contribution is -2.33. The maximum atomic E-state index is 4.48. The van der Waals surface area contributed by atoms with Gasteiger partial charge >= 0.3 is 0 Å². The summed E-state index contributed by atoms with van der Waals surface area (Å²) in [6.07, 6.45) is 6.52. The number of nitrogens with zero attached hydrogens (tertiary/aromatic N) is 2. The van der Waals surface area contributed by atoms with Crippen LogP contribution in [0.25, 0.3) is 10.9 Å². The van der Waals surface area contributed by atoms with Gasteiger partial charge in [0.25, 0.3) is 0 Å². The molecule has 0 aliphatic carbocycles. The third-order valence-corrected chi connectivity index (χ3v) is 4.27. The average Bonchev–Trinajstić information content (AvgIpc) is 2.90. The van der Waals surface area contributed by atoms with E-state index in [2.05, 4.69) is 61.0 Å². The van der Waals surface area contributed by atoms with Gasteiger partial charge in [-0.3, -0.25) is 9.88 Å². The largest absolute Gasteiger partial charge is 0.289 e. The molecule has 0 fully saturated rings. The Morgan fingerprint density at radius 3 is 2.95 bits per heavy atom. The first-order chi connectivity index (χ1) is 9.66. The van der Waals surface area contributed by atoms with Gasteiger partial charge in [0, 0.05) is 30.7 Å². The van der Waals surface area contributed by atoms with E-state index >= 15 is 0 Å². The van der Waals surface area contributed by atoms with Crippen LogP contribution in [0.15, 0.2) is 42.6 Å². The van der Waals surface area contributed by atoms with Crippen LogP contribution < -0.4 is 0 Å². The van der Waals surface area contributed by atoms with Crippen LogP contribution in [0.3, 0.4) is 0 Å². The highest BCUT2D eigenvalue weighted by Gasteiger charge is 2.23. The molecule has 0 N–H and O–H groups in total. The summed E-state index contributed by atoms with van der Waals surface area (Å²) in [4.78, 5) is 7.03. The monoisotopic (exact) mass is 266 g/mol. The lowest BCUT2D eigenvalue weighted by molar-refractivity contribution is 0.219. The number of rotatable bonds is 3. The zero-order valence-electron chi connectivity index (χ0n) is 12.5. The molecule has 0 radical (unpaired) electrons. The van der Waals surface area contributed by atoms with Gasteiger partial charge in [-0.25, -0.2) is 0 Å². The number of hydrogen-bond acceptors (Lipinski definition) is 2. The predicted octanol–water partition coefficient (Wildman–Crippen LogP) is 3.94. The van der Waals surface area contributed by atoms with Crippen molar-refractivity contribution < 1.29 is 0 Å². The maximum Gasteiger partial charge on any atom is 0.0705 e. The van der Waals surface area contributed by atoms with E-state index in [9.17, 15) is 0 Å². The van der Waals surface area contributed by atoms with Crippen molar-refractivity contribution in [3.05, 3.63) is 53.7 Å². The van der Waals surface area contributed by atoms with Crippen LogP contribution in [0.4, 0.5) is 0 Å². The van der Waals surface area contributed by atoms with Crippen molar-refractivity contribution in [3.8, 4) is 0 Å². The van der Waals surface area contributed by atoms with Crippen LogP contribution in [0.1, 0.15) is 25.0 Å². The molecule has 2 heteroatoms. The Hall–Kier alpha value is -1.67. The van der Waals surface area contributed by atoms with Gasteiger partial charge in [-0.05, 0) is 36.1 Å². The van der Waals surface area contributed by atoms with Crippen molar-refractivity contribution in [2.45, 2.75) is 33.4 Å². The van der Waals surface area contributed by atoms with Crippen molar-refractivity contribution in [1.29, 1.82) is 0 Å². The molecule has 2 heterocycles. The first-order valence-electron chi connectivity index (χ1n) is 7.40. The predicted molar refractivity (Wildman–Crippen MR) is 84.7 cm³/mol. The highest BCUT2D eigenvalue weighted by molar-refractivity contribution is 5.83. The topological polar surface area (TPSA) is 16.1 Å². The Balaban J connectivity index is 1.97. The number of aromatic nitrogens is 1. The molecule has 1 aromatic heterocycles. The lowest BCUT2D eigenvalue weighted by Gasteiger charge is -2.28. The summed E-state index contributed by atoms with van der Waals surface area (Å²) in [6, 6.07) is 9.10. The molecule has 104 valence electrons. The van der Waals surface area contributed by atoms with Gasteiger partial charge in [0.2, 0.25) is 0 Å². The molecule has 1 aromatic carbocycles. The first-order valence-corrected chi connectivity index (χ1v) is 7.40. The molecule has 20 heavy (non-hydrogen) atoms. The third-order valence-electron chi connectivity index (χ3n) is 4.27. The average molecular weight is 266 g/mol. The van der Waals surface area contributed by atoms with Crippen LogP contribution >= 0.6 is 0 Å². The van der Waals surface area contributed by atoms with Gasteiger partial charge in [-0.2, -0.15) is 0 Å². The second kappa shape index (κ2) is 5.37. The quantitative estimate of drug-likeness (QED) is 0.782. The van der Waals surface area contributed by atoms with Gasteiger partial charge in [0.1, 0.15) is 0 Å². The van der Waals surface area contributed by atoms with Crippen molar-refractivity contribution >= 4 is 10.9 Å². The molecule has 1 atom stereocenters. The van der Waals surface area contributed by atoms with Crippen LogP contribution in [0.5, 0.6) is 0 Å². The Labute approximate surface area is 121 Å². The van der Waals surface area contributed by atoms with Crippen LogP contribution in [-0.4, -0.2) is 22.5 Å². The van der Waals surface area contributed by atoms with E-state index in [0.29, 0.717) is 12.0 Å². The van der Waals surface area contributed by atoms with Crippen molar-refractivity contribution in [2.75, 3.05) is 6.54 Å². The molecule has 0 amide bonds. The first kappa shape index (κ1) is 13.3. The van der Waals surface area contributed by atoms with Gasteiger partial charge < -0.3 is 0 Å². The molecule has 0 saturated carbocycles. The Kier molecular flexibility index (Phi) is 3.58. The van der Waals surface area contributed by atoms with E-state index in [4.69, 9.17) is 0 Å². The normalized spacial score (nSPS) is 19.3. The molecule has 0 spiro atoms. The second-order valence-corrected chi connectivity index (χ2v) is 6.02. The van der Waals surface area contributed by atoms with Gasteiger partial charge in [0.05, 0.1) is 5.52 Å². The molecule has 2 aromatic rings. The van der Waals surface area contributed by atoms with E-state index in [-0.39, 0.29) is 0 Å². The number of aryl methyl sites for hydroxylation is 1. The highest BCUT2D eigenvalue weighted by Crippen LogP contribution is 2.26.